The number of rotatable bonds is 1. The number of benzene rings is 1. The van der Waals surface area contributed by atoms with Crippen LogP contribution < -0.4 is 0 Å². The summed E-state index contributed by atoms with van der Waals surface area (Å²) in [6.45, 7) is 4.50. The third-order valence-electron chi connectivity index (χ3n) is 7.27. The van der Waals surface area contributed by atoms with Gasteiger partial charge in [0.05, 0.1) is 16.9 Å². The van der Waals surface area contributed by atoms with Crippen LogP contribution in [-0.4, -0.2) is 4.98 Å². The summed E-state index contributed by atoms with van der Waals surface area (Å²) in [6.07, 6.45) is 8.51. The lowest BCUT2D eigenvalue weighted by atomic mass is 9.77. The zero-order valence-electron chi connectivity index (χ0n) is 14.4. The average Bonchev–Trinajstić information content (AvgIpc) is 3.32. The number of nitrogens with zero attached hydrogens (tertiary/aromatic N) is 1. The van der Waals surface area contributed by atoms with Crippen molar-refractivity contribution in [2.45, 2.75) is 69.0 Å². The topological polar surface area (TPSA) is 22.1 Å². The van der Waals surface area contributed by atoms with Crippen LogP contribution in [0.5, 0.6) is 0 Å². The van der Waals surface area contributed by atoms with Crippen molar-refractivity contribution in [3.63, 3.8) is 0 Å². The fourth-order valence-corrected chi connectivity index (χ4v) is 5.94. The molecular formula is C22H23NO. The lowest BCUT2D eigenvalue weighted by Gasteiger charge is -2.23. The van der Waals surface area contributed by atoms with E-state index in [0.29, 0.717) is 0 Å². The molecular weight excluding hydrogens is 294 g/mol. The van der Waals surface area contributed by atoms with Crippen LogP contribution in [0.15, 0.2) is 30.5 Å². The van der Waals surface area contributed by atoms with Crippen molar-refractivity contribution in [2.75, 3.05) is 0 Å². The van der Waals surface area contributed by atoms with Gasteiger partial charge in [-0.15, -0.1) is 0 Å². The highest BCUT2D eigenvalue weighted by Gasteiger charge is 2.54. The Labute approximate surface area is 143 Å². The van der Waals surface area contributed by atoms with Gasteiger partial charge in [-0.25, -0.2) is 0 Å². The maximum Gasteiger partial charge on any atom is 0.0920 e. The van der Waals surface area contributed by atoms with Gasteiger partial charge in [-0.3, -0.25) is 4.98 Å². The van der Waals surface area contributed by atoms with E-state index in [1.54, 1.807) is 5.56 Å². The van der Waals surface area contributed by atoms with Gasteiger partial charge in [-0.2, -0.15) is 0 Å². The van der Waals surface area contributed by atoms with E-state index in [1.807, 2.05) is 0 Å². The molecule has 2 fully saturated rings. The molecule has 4 unspecified atom stereocenters. The van der Waals surface area contributed by atoms with E-state index in [0.717, 1.165) is 30.4 Å². The number of ether oxygens (including phenoxy) is 1. The smallest absolute Gasteiger partial charge is 0.0920 e. The van der Waals surface area contributed by atoms with E-state index in [-0.39, 0.29) is 11.2 Å². The Hall–Kier alpha value is -1.67. The van der Waals surface area contributed by atoms with Crippen LogP contribution in [0.4, 0.5) is 0 Å². The minimum Gasteiger partial charge on any atom is -0.360 e. The van der Waals surface area contributed by atoms with Gasteiger partial charge in [-0.05, 0) is 92.2 Å². The molecule has 0 amide bonds. The van der Waals surface area contributed by atoms with E-state index >= 15 is 0 Å². The molecule has 4 aliphatic rings. The number of hydrogen-bond acceptors (Lipinski definition) is 2. The first-order valence-corrected chi connectivity index (χ1v) is 9.41. The molecule has 0 radical (unpaired) electrons. The summed E-state index contributed by atoms with van der Waals surface area (Å²) in [6, 6.07) is 9.26. The minimum atomic E-state index is -0.101. The van der Waals surface area contributed by atoms with Crippen molar-refractivity contribution in [1.29, 1.82) is 0 Å². The van der Waals surface area contributed by atoms with Crippen LogP contribution in [0.2, 0.25) is 0 Å². The molecule has 122 valence electrons. The summed E-state index contributed by atoms with van der Waals surface area (Å²) in [4.78, 5) is 4.83. The molecule has 1 aromatic carbocycles. The van der Waals surface area contributed by atoms with Gasteiger partial charge in [0, 0.05) is 11.8 Å². The molecule has 2 aromatic rings. The van der Waals surface area contributed by atoms with Crippen molar-refractivity contribution >= 4 is 0 Å². The molecule has 2 heteroatoms. The van der Waals surface area contributed by atoms with Gasteiger partial charge >= 0.3 is 0 Å². The lowest BCUT2D eigenvalue weighted by Crippen LogP contribution is -2.17. The Bertz CT molecular complexity index is 888. The maximum absolute atomic E-state index is 6.40. The molecule has 0 N–H and O–H groups in total. The summed E-state index contributed by atoms with van der Waals surface area (Å²) in [7, 11) is 0. The van der Waals surface area contributed by atoms with Crippen molar-refractivity contribution in [3.8, 4) is 11.3 Å². The second-order valence-electron chi connectivity index (χ2n) is 8.73. The molecule has 3 heterocycles. The van der Waals surface area contributed by atoms with E-state index in [9.17, 15) is 0 Å². The average molecular weight is 317 g/mol. The first-order valence-electron chi connectivity index (χ1n) is 9.41. The van der Waals surface area contributed by atoms with E-state index < -0.39 is 0 Å². The molecule has 1 aromatic heterocycles. The monoisotopic (exact) mass is 317 g/mol. The predicted molar refractivity (Wildman–Crippen MR) is 94.0 cm³/mol. The summed E-state index contributed by atoms with van der Waals surface area (Å²) >= 11 is 0. The summed E-state index contributed by atoms with van der Waals surface area (Å²) in [5.74, 6) is 1.58. The molecule has 6 rings (SSSR count). The maximum atomic E-state index is 6.40. The zero-order chi connectivity index (χ0) is 16.1. The predicted octanol–water partition coefficient (Wildman–Crippen LogP) is 5.37. The minimum absolute atomic E-state index is 0.0763. The van der Waals surface area contributed by atoms with Crippen molar-refractivity contribution in [1.82, 2.24) is 4.98 Å². The van der Waals surface area contributed by atoms with E-state index in [1.165, 1.54) is 41.5 Å². The summed E-state index contributed by atoms with van der Waals surface area (Å²) in [5.41, 5.74) is 8.09. The molecule has 4 bridgehead atoms. The molecule has 4 atom stereocenters. The third-order valence-corrected chi connectivity index (χ3v) is 7.27. The molecule has 1 saturated carbocycles. The second kappa shape index (κ2) is 4.11. The zero-order valence-corrected chi connectivity index (χ0v) is 14.4. The highest BCUT2D eigenvalue weighted by atomic mass is 16.5. The van der Waals surface area contributed by atoms with Gasteiger partial charge in [-0.1, -0.05) is 12.1 Å². The molecule has 0 spiro atoms. The summed E-state index contributed by atoms with van der Waals surface area (Å²) < 4.78 is 6.40. The Morgan fingerprint density at radius 1 is 0.958 bits per heavy atom. The Morgan fingerprint density at radius 2 is 1.71 bits per heavy atom. The first kappa shape index (κ1) is 13.6. The fraction of sp³-hybridized carbons (Fsp3) is 0.500. The molecule has 2 aliphatic heterocycles. The van der Waals surface area contributed by atoms with Crippen LogP contribution in [0.3, 0.4) is 0 Å². The summed E-state index contributed by atoms with van der Waals surface area (Å²) in [5, 5.41) is 0. The van der Waals surface area contributed by atoms with E-state index in [4.69, 9.17) is 9.72 Å². The van der Waals surface area contributed by atoms with Crippen LogP contribution in [0.1, 0.15) is 80.0 Å². The van der Waals surface area contributed by atoms with Crippen LogP contribution in [-0.2, 0) is 15.9 Å². The largest absolute Gasteiger partial charge is 0.360 e. The van der Waals surface area contributed by atoms with Crippen molar-refractivity contribution in [2.24, 2.45) is 0 Å². The van der Waals surface area contributed by atoms with Gasteiger partial charge in [0.25, 0.3) is 0 Å². The van der Waals surface area contributed by atoms with Crippen LogP contribution >= 0.6 is 0 Å². The highest BCUT2D eigenvalue weighted by molar-refractivity contribution is 5.65. The lowest BCUT2D eigenvalue weighted by molar-refractivity contribution is -0.0662. The normalized spacial score (nSPS) is 37.8. The Morgan fingerprint density at radius 3 is 2.54 bits per heavy atom. The SMILES string of the molecule is CC12CCC(C)(O1)c1cc(-c3cc4c(cn3)C3CCC4C3)ccc12. The molecule has 2 aliphatic carbocycles. The Balaban J connectivity index is 1.48. The fourth-order valence-electron chi connectivity index (χ4n) is 5.94. The number of aromatic nitrogens is 1. The Kier molecular flexibility index (Phi) is 2.33. The first-order chi connectivity index (χ1) is 11.6. The van der Waals surface area contributed by atoms with Crippen molar-refractivity contribution in [3.05, 3.63) is 52.7 Å². The molecule has 24 heavy (non-hydrogen) atoms. The van der Waals surface area contributed by atoms with Gasteiger partial charge < -0.3 is 4.74 Å². The van der Waals surface area contributed by atoms with Crippen molar-refractivity contribution < 1.29 is 4.74 Å². The second-order valence-corrected chi connectivity index (χ2v) is 8.73. The van der Waals surface area contributed by atoms with Crippen LogP contribution in [0, 0.1) is 0 Å². The third kappa shape index (κ3) is 1.54. The molecule has 1 saturated heterocycles. The standard InChI is InChI=1S/C22H23NO/c1-21-7-8-22(2,24-21)19-10-15(5-6-18(19)21)20-11-16-13-3-4-14(9-13)17(16)12-23-20/h5-6,10-14H,3-4,7-9H2,1-2H3. The number of fused-ring (bicyclic) bond motifs is 10. The van der Waals surface area contributed by atoms with Gasteiger partial charge in [0.1, 0.15) is 0 Å². The number of hydrogen-bond donors (Lipinski definition) is 0. The van der Waals surface area contributed by atoms with E-state index in [2.05, 4.69) is 44.3 Å². The number of pyridine rings is 1. The van der Waals surface area contributed by atoms with Gasteiger partial charge in [0.15, 0.2) is 0 Å². The van der Waals surface area contributed by atoms with Gasteiger partial charge in [0.2, 0.25) is 0 Å². The quantitative estimate of drug-likeness (QED) is 0.705. The molecule has 2 nitrogen and oxygen atoms in total. The highest BCUT2D eigenvalue weighted by Crippen LogP contribution is 2.58. The van der Waals surface area contributed by atoms with Crippen LogP contribution in [0.25, 0.3) is 11.3 Å².